The van der Waals surface area contributed by atoms with E-state index in [4.69, 9.17) is 0 Å². The molecule has 1 aliphatic heterocycles. The minimum absolute atomic E-state index is 0.156. The summed E-state index contributed by atoms with van der Waals surface area (Å²) in [5.41, 5.74) is 0.613. The maximum Gasteiger partial charge on any atom is 0.238 e. The van der Waals surface area contributed by atoms with Crippen molar-refractivity contribution in [2.75, 3.05) is 12.8 Å². The Morgan fingerprint density at radius 2 is 2.14 bits per heavy atom. The zero-order valence-electron chi connectivity index (χ0n) is 12.2. The highest BCUT2D eigenvalue weighted by Gasteiger charge is 2.34. The number of hydrogen-bond acceptors (Lipinski definition) is 3. The second kappa shape index (κ2) is 7.06. The van der Waals surface area contributed by atoms with Crippen LogP contribution in [-0.4, -0.2) is 37.5 Å². The van der Waals surface area contributed by atoms with Gasteiger partial charge >= 0.3 is 0 Å². The molecule has 22 heavy (non-hydrogen) atoms. The fourth-order valence-electron chi connectivity index (χ4n) is 2.58. The van der Waals surface area contributed by atoms with Crippen LogP contribution in [-0.2, 0) is 21.4 Å². The van der Waals surface area contributed by atoms with Gasteiger partial charge in [-0.15, -0.1) is 0 Å². The summed E-state index contributed by atoms with van der Waals surface area (Å²) in [6, 6.07) is 3.69. The summed E-state index contributed by atoms with van der Waals surface area (Å²) in [4.78, 5) is 12.3. The second-order valence-electron chi connectivity index (χ2n) is 5.38. The maximum absolute atomic E-state index is 13.3. The van der Waals surface area contributed by atoms with E-state index in [2.05, 4.69) is 21.2 Å². The Kier molecular flexibility index (Phi) is 5.57. The average molecular weight is 393 g/mol. The second-order valence-corrected chi connectivity index (χ2v) is 8.23. The van der Waals surface area contributed by atoms with Gasteiger partial charge in [-0.3, -0.25) is 4.79 Å². The van der Waals surface area contributed by atoms with Gasteiger partial charge in [0.15, 0.2) is 0 Å². The zero-order chi connectivity index (χ0) is 16.3. The normalized spacial score (nSPS) is 19.9. The number of carbonyl (C=O) groups is 1. The lowest BCUT2D eigenvalue weighted by molar-refractivity contribution is -0.125. The molecule has 5 nitrogen and oxygen atoms in total. The van der Waals surface area contributed by atoms with Crippen LogP contribution in [0.4, 0.5) is 4.39 Å². The summed E-state index contributed by atoms with van der Waals surface area (Å²) in [5, 5.41) is 2.69. The van der Waals surface area contributed by atoms with Gasteiger partial charge in [-0.2, -0.15) is 4.31 Å². The van der Waals surface area contributed by atoms with Crippen molar-refractivity contribution in [1.82, 2.24) is 9.62 Å². The number of benzene rings is 1. The summed E-state index contributed by atoms with van der Waals surface area (Å²) >= 11 is 3.19. The fourth-order valence-corrected chi connectivity index (χ4v) is 4.22. The molecule has 1 N–H and O–H groups in total. The van der Waals surface area contributed by atoms with Crippen molar-refractivity contribution in [3.05, 3.63) is 34.1 Å². The molecular weight excluding hydrogens is 375 g/mol. The Balaban J connectivity index is 2.04. The summed E-state index contributed by atoms with van der Waals surface area (Å²) in [6.07, 6.45) is 3.19. The van der Waals surface area contributed by atoms with Crippen LogP contribution in [0, 0.1) is 5.82 Å². The highest BCUT2D eigenvalue weighted by Crippen LogP contribution is 2.20. The van der Waals surface area contributed by atoms with E-state index in [0.29, 0.717) is 23.0 Å². The van der Waals surface area contributed by atoms with Gasteiger partial charge in [-0.1, -0.05) is 22.4 Å². The van der Waals surface area contributed by atoms with E-state index < -0.39 is 21.9 Å². The third-order valence-corrected chi connectivity index (χ3v) is 5.32. The van der Waals surface area contributed by atoms with Gasteiger partial charge in [0.25, 0.3) is 0 Å². The fraction of sp³-hybridized carbons (Fsp3) is 0.500. The average Bonchev–Trinajstić information content (AvgIpc) is 2.43. The van der Waals surface area contributed by atoms with Crippen LogP contribution in [0.25, 0.3) is 0 Å². The molecule has 0 bridgehead atoms. The van der Waals surface area contributed by atoms with Gasteiger partial charge in [0.05, 0.1) is 6.26 Å². The third kappa shape index (κ3) is 4.50. The first-order valence-electron chi connectivity index (χ1n) is 6.97. The van der Waals surface area contributed by atoms with Gasteiger partial charge in [0, 0.05) is 17.6 Å². The van der Waals surface area contributed by atoms with E-state index in [1.165, 1.54) is 16.4 Å². The lowest BCUT2D eigenvalue weighted by atomic mass is 10.0. The molecule has 1 aromatic rings. The topological polar surface area (TPSA) is 66.5 Å². The van der Waals surface area contributed by atoms with Gasteiger partial charge in [-0.25, -0.2) is 12.8 Å². The molecule has 122 valence electrons. The van der Waals surface area contributed by atoms with E-state index >= 15 is 0 Å². The van der Waals surface area contributed by atoms with Crippen molar-refractivity contribution in [3.8, 4) is 0 Å². The molecule has 1 aliphatic rings. The Labute approximate surface area is 138 Å². The first-order chi connectivity index (χ1) is 10.3. The van der Waals surface area contributed by atoms with E-state index in [9.17, 15) is 17.6 Å². The van der Waals surface area contributed by atoms with Crippen molar-refractivity contribution in [2.24, 2.45) is 0 Å². The van der Waals surface area contributed by atoms with Crippen molar-refractivity contribution in [3.63, 3.8) is 0 Å². The number of piperidine rings is 1. The molecule has 1 fully saturated rings. The van der Waals surface area contributed by atoms with Crippen molar-refractivity contribution in [2.45, 2.75) is 31.8 Å². The summed E-state index contributed by atoms with van der Waals surface area (Å²) < 4.78 is 38.6. The highest BCUT2D eigenvalue weighted by molar-refractivity contribution is 9.10. The SMILES string of the molecule is CS(=O)(=O)N1CCCCC1C(=O)NCc1cc(F)cc(Br)c1. The number of amides is 1. The summed E-state index contributed by atoms with van der Waals surface area (Å²) in [5.74, 6) is -0.737. The number of nitrogens with one attached hydrogen (secondary N) is 1. The number of rotatable bonds is 4. The van der Waals surface area contributed by atoms with Gasteiger partial charge in [0.2, 0.25) is 15.9 Å². The lowest BCUT2D eigenvalue weighted by Gasteiger charge is -2.32. The third-order valence-electron chi connectivity index (χ3n) is 3.57. The largest absolute Gasteiger partial charge is 0.351 e. The predicted octanol–water partition coefficient (Wildman–Crippen LogP) is 2.02. The molecule has 0 aromatic heterocycles. The molecule has 1 saturated heterocycles. The van der Waals surface area contributed by atoms with Crippen LogP contribution in [0.1, 0.15) is 24.8 Å². The Bertz CT molecular complexity index is 646. The lowest BCUT2D eigenvalue weighted by Crippen LogP contribution is -2.51. The first kappa shape index (κ1) is 17.4. The smallest absolute Gasteiger partial charge is 0.238 e. The first-order valence-corrected chi connectivity index (χ1v) is 9.61. The molecule has 1 amide bonds. The van der Waals surface area contributed by atoms with Crippen LogP contribution in [0.3, 0.4) is 0 Å². The van der Waals surface area contributed by atoms with E-state index in [-0.39, 0.29) is 12.5 Å². The quantitative estimate of drug-likeness (QED) is 0.851. The zero-order valence-corrected chi connectivity index (χ0v) is 14.6. The van der Waals surface area contributed by atoms with Crippen molar-refractivity contribution < 1.29 is 17.6 Å². The number of sulfonamides is 1. The van der Waals surface area contributed by atoms with Crippen LogP contribution < -0.4 is 5.32 Å². The van der Waals surface area contributed by atoms with Gasteiger partial charge in [0.1, 0.15) is 11.9 Å². The van der Waals surface area contributed by atoms with E-state index in [0.717, 1.165) is 19.1 Å². The molecule has 1 aromatic carbocycles. The number of carbonyl (C=O) groups excluding carboxylic acids is 1. The maximum atomic E-state index is 13.3. The predicted molar refractivity (Wildman–Crippen MR) is 85.1 cm³/mol. The van der Waals surface area contributed by atoms with Crippen LogP contribution in [0.2, 0.25) is 0 Å². The Morgan fingerprint density at radius 3 is 2.77 bits per heavy atom. The molecule has 0 aliphatic carbocycles. The van der Waals surface area contributed by atoms with Gasteiger partial charge in [-0.05, 0) is 36.6 Å². The molecule has 2 rings (SSSR count). The number of nitrogens with zero attached hydrogens (tertiary/aromatic N) is 1. The van der Waals surface area contributed by atoms with Crippen LogP contribution >= 0.6 is 15.9 Å². The Hall–Kier alpha value is -0.990. The van der Waals surface area contributed by atoms with Crippen LogP contribution in [0.5, 0.6) is 0 Å². The highest BCUT2D eigenvalue weighted by atomic mass is 79.9. The van der Waals surface area contributed by atoms with Crippen LogP contribution in [0.15, 0.2) is 22.7 Å². The molecule has 8 heteroatoms. The minimum Gasteiger partial charge on any atom is -0.351 e. The Morgan fingerprint density at radius 1 is 1.41 bits per heavy atom. The van der Waals surface area contributed by atoms with E-state index in [1.807, 2.05) is 0 Å². The monoisotopic (exact) mass is 392 g/mol. The molecule has 0 spiro atoms. The standard InChI is InChI=1S/C14H18BrFN2O3S/c1-22(20,21)18-5-3-2-4-13(18)14(19)17-9-10-6-11(15)8-12(16)7-10/h6-8,13H,2-5,9H2,1H3,(H,17,19). The number of halogens is 2. The summed E-state index contributed by atoms with van der Waals surface area (Å²) in [7, 11) is -3.41. The minimum atomic E-state index is -3.41. The molecular formula is C14H18BrFN2O3S. The van der Waals surface area contributed by atoms with Crippen molar-refractivity contribution in [1.29, 1.82) is 0 Å². The molecule has 0 saturated carbocycles. The molecule has 0 radical (unpaired) electrons. The molecule has 1 heterocycles. The van der Waals surface area contributed by atoms with E-state index in [1.54, 1.807) is 6.07 Å². The van der Waals surface area contributed by atoms with Crippen molar-refractivity contribution >= 4 is 31.9 Å². The molecule has 1 unspecified atom stereocenters. The number of hydrogen-bond donors (Lipinski definition) is 1. The summed E-state index contributed by atoms with van der Waals surface area (Å²) in [6.45, 7) is 0.520. The molecule has 1 atom stereocenters. The van der Waals surface area contributed by atoms with Gasteiger partial charge < -0.3 is 5.32 Å².